The molecule has 140 valence electrons. The fourth-order valence-corrected chi connectivity index (χ4v) is 4.25. The molecule has 0 N–H and O–H groups in total. The van der Waals surface area contributed by atoms with Crippen LogP contribution in [-0.2, 0) is 0 Å². The zero-order chi connectivity index (χ0) is 18.5. The number of thioether (sulfide) groups is 1. The summed E-state index contributed by atoms with van der Waals surface area (Å²) in [7, 11) is 0. The lowest BCUT2D eigenvalue weighted by Gasteiger charge is -2.37. The van der Waals surface area contributed by atoms with E-state index >= 15 is 0 Å². The largest absolute Gasteiger partial charge is 0.485 e. The Labute approximate surface area is 163 Å². The van der Waals surface area contributed by atoms with Crippen molar-refractivity contribution >= 4 is 17.4 Å². The van der Waals surface area contributed by atoms with Gasteiger partial charge in [-0.25, -0.2) is 4.98 Å². The van der Waals surface area contributed by atoms with E-state index in [-0.39, 0.29) is 0 Å². The second-order valence-corrected chi connectivity index (χ2v) is 7.56. The van der Waals surface area contributed by atoms with Gasteiger partial charge in [-0.05, 0) is 24.3 Å². The number of anilines is 1. The van der Waals surface area contributed by atoms with E-state index in [1.54, 1.807) is 11.8 Å². The molecule has 0 saturated carbocycles. The molecule has 7 heteroatoms. The number of hydrogen-bond donors (Lipinski definition) is 0. The van der Waals surface area contributed by atoms with Gasteiger partial charge in [0.1, 0.15) is 19.3 Å². The average molecular weight is 382 g/mol. The van der Waals surface area contributed by atoms with E-state index in [9.17, 15) is 5.26 Å². The fraction of sp³-hybridized carbons (Fsp3) is 0.400. The monoisotopic (exact) mass is 382 g/mol. The van der Waals surface area contributed by atoms with Crippen molar-refractivity contribution in [3.8, 4) is 17.6 Å². The van der Waals surface area contributed by atoms with Crippen molar-refractivity contribution in [2.45, 2.75) is 5.03 Å². The topological polar surface area (TPSA) is 61.6 Å². The van der Waals surface area contributed by atoms with Crippen molar-refractivity contribution in [3.05, 3.63) is 42.1 Å². The van der Waals surface area contributed by atoms with Gasteiger partial charge in [-0.1, -0.05) is 6.07 Å². The van der Waals surface area contributed by atoms with Crippen molar-refractivity contribution in [2.75, 3.05) is 56.6 Å². The number of nitrogens with zero attached hydrogens (tertiary/aromatic N) is 4. The number of fused-ring (bicyclic) bond motifs is 1. The fourth-order valence-electron chi connectivity index (χ4n) is 3.38. The van der Waals surface area contributed by atoms with Crippen LogP contribution in [0, 0.1) is 11.3 Å². The third-order valence-corrected chi connectivity index (χ3v) is 5.72. The molecule has 0 aliphatic carbocycles. The van der Waals surface area contributed by atoms with Crippen LogP contribution in [0.2, 0.25) is 0 Å². The molecule has 2 aliphatic heterocycles. The number of piperazine rings is 1. The third-order valence-electron chi connectivity index (χ3n) is 4.80. The summed E-state index contributed by atoms with van der Waals surface area (Å²) in [6.07, 6.45) is 1.84. The van der Waals surface area contributed by atoms with Gasteiger partial charge in [-0.2, -0.15) is 5.26 Å². The average Bonchev–Trinajstić information content (AvgIpc) is 2.74. The number of ether oxygens (including phenoxy) is 2. The van der Waals surface area contributed by atoms with Crippen LogP contribution in [0.15, 0.2) is 41.6 Å². The van der Waals surface area contributed by atoms with Crippen LogP contribution in [0.3, 0.4) is 0 Å². The first-order valence-corrected chi connectivity index (χ1v) is 10.2. The van der Waals surface area contributed by atoms with Crippen LogP contribution in [0.25, 0.3) is 0 Å². The molecule has 2 aliphatic rings. The molecular formula is C20H22N4O2S. The Morgan fingerprint density at radius 3 is 2.59 bits per heavy atom. The van der Waals surface area contributed by atoms with E-state index in [4.69, 9.17) is 9.47 Å². The molecule has 0 unspecified atom stereocenters. The van der Waals surface area contributed by atoms with Crippen molar-refractivity contribution in [2.24, 2.45) is 0 Å². The molecule has 2 aromatic rings. The minimum atomic E-state index is 0.493. The van der Waals surface area contributed by atoms with E-state index in [1.165, 1.54) is 0 Å². The standard InChI is InChI=1S/C20H22N4O2S/c21-15-16-4-5-17(20-19(16)25-12-13-26-20)24-9-7-23(8-10-24)11-14-27-18-3-1-2-6-22-18/h1-6H,7-14H2. The number of benzene rings is 1. The summed E-state index contributed by atoms with van der Waals surface area (Å²) in [5.74, 6) is 2.36. The summed E-state index contributed by atoms with van der Waals surface area (Å²) in [5, 5.41) is 10.4. The molecule has 0 radical (unpaired) electrons. The Balaban J connectivity index is 1.34. The molecular weight excluding hydrogens is 360 g/mol. The van der Waals surface area contributed by atoms with Crippen LogP contribution < -0.4 is 14.4 Å². The molecule has 6 nitrogen and oxygen atoms in total. The van der Waals surface area contributed by atoms with Crippen LogP contribution in [0.1, 0.15) is 5.56 Å². The number of hydrogen-bond acceptors (Lipinski definition) is 7. The first-order valence-electron chi connectivity index (χ1n) is 9.19. The van der Waals surface area contributed by atoms with Crippen LogP contribution in [0.5, 0.6) is 11.5 Å². The highest BCUT2D eigenvalue weighted by Crippen LogP contribution is 2.42. The Bertz CT molecular complexity index is 817. The maximum absolute atomic E-state index is 9.28. The lowest BCUT2D eigenvalue weighted by atomic mass is 10.1. The van der Waals surface area contributed by atoms with E-state index < -0.39 is 0 Å². The van der Waals surface area contributed by atoms with Gasteiger partial charge in [0, 0.05) is 44.7 Å². The number of rotatable bonds is 5. The predicted octanol–water partition coefficient (Wildman–Crippen LogP) is 2.64. The molecule has 1 aromatic carbocycles. The van der Waals surface area contributed by atoms with Crippen molar-refractivity contribution in [1.82, 2.24) is 9.88 Å². The van der Waals surface area contributed by atoms with Crippen molar-refractivity contribution < 1.29 is 9.47 Å². The number of pyridine rings is 1. The molecule has 1 fully saturated rings. The Morgan fingerprint density at radius 1 is 1.04 bits per heavy atom. The highest BCUT2D eigenvalue weighted by atomic mass is 32.2. The first kappa shape index (κ1) is 18.0. The summed E-state index contributed by atoms with van der Waals surface area (Å²) >= 11 is 1.80. The summed E-state index contributed by atoms with van der Waals surface area (Å²) in [5.41, 5.74) is 1.57. The SMILES string of the molecule is N#Cc1ccc(N2CCN(CCSc3ccccn3)CC2)c2c1OCCO2. The van der Waals surface area contributed by atoms with Crippen LogP contribution in [-0.4, -0.2) is 61.6 Å². The second kappa shape index (κ2) is 8.51. The van der Waals surface area contributed by atoms with Gasteiger partial charge in [0.15, 0.2) is 11.5 Å². The van der Waals surface area contributed by atoms with Gasteiger partial charge in [0.2, 0.25) is 0 Å². The Hall–Kier alpha value is -2.43. The van der Waals surface area contributed by atoms with Gasteiger partial charge in [0.05, 0.1) is 16.3 Å². The normalized spacial score (nSPS) is 16.8. The van der Waals surface area contributed by atoms with Crippen molar-refractivity contribution in [3.63, 3.8) is 0 Å². The predicted molar refractivity (Wildman–Crippen MR) is 106 cm³/mol. The molecule has 3 heterocycles. The summed E-state index contributed by atoms with van der Waals surface area (Å²) in [4.78, 5) is 9.17. The minimum absolute atomic E-state index is 0.493. The molecule has 4 rings (SSSR count). The van der Waals surface area contributed by atoms with Crippen LogP contribution >= 0.6 is 11.8 Å². The lowest BCUT2D eigenvalue weighted by molar-refractivity contribution is 0.171. The second-order valence-electron chi connectivity index (χ2n) is 6.44. The summed E-state index contributed by atoms with van der Waals surface area (Å²) in [6, 6.07) is 12.0. The van der Waals surface area contributed by atoms with Gasteiger partial charge in [0.25, 0.3) is 0 Å². The van der Waals surface area contributed by atoms with E-state index in [1.807, 2.05) is 30.5 Å². The Kier molecular flexibility index (Phi) is 5.66. The quantitative estimate of drug-likeness (QED) is 0.737. The minimum Gasteiger partial charge on any atom is -0.485 e. The smallest absolute Gasteiger partial charge is 0.186 e. The maximum Gasteiger partial charge on any atom is 0.186 e. The maximum atomic E-state index is 9.28. The van der Waals surface area contributed by atoms with Gasteiger partial charge >= 0.3 is 0 Å². The third kappa shape index (κ3) is 4.12. The molecule has 0 atom stereocenters. The summed E-state index contributed by atoms with van der Waals surface area (Å²) < 4.78 is 11.5. The lowest BCUT2D eigenvalue weighted by Crippen LogP contribution is -2.47. The summed E-state index contributed by atoms with van der Waals surface area (Å²) in [6.45, 7) is 5.98. The first-order chi connectivity index (χ1) is 13.3. The van der Waals surface area contributed by atoms with Gasteiger partial charge in [-0.3, -0.25) is 4.90 Å². The molecule has 27 heavy (non-hydrogen) atoms. The molecule has 0 bridgehead atoms. The zero-order valence-electron chi connectivity index (χ0n) is 15.1. The highest BCUT2D eigenvalue weighted by Gasteiger charge is 2.25. The number of nitriles is 1. The van der Waals surface area contributed by atoms with E-state index in [0.29, 0.717) is 24.5 Å². The van der Waals surface area contributed by atoms with Gasteiger partial charge in [-0.15, -0.1) is 11.8 Å². The molecule has 0 spiro atoms. The molecule has 1 aromatic heterocycles. The molecule has 0 amide bonds. The Morgan fingerprint density at radius 2 is 1.85 bits per heavy atom. The highest BCUT2D eigenvalue weighted by molar-refractivity contribution is 7.99. The zero-order valence-corrected chi connectivity index (χ0v) is 16.0. The van der Waals surface area contributed by atoms with Crippen LogP contribution in [0.4, 0.5) is 5.69 Å². The van der Waals surface area contributed by atoms with E-state index in [0.717, 1.165) is 54.9 Å². The van der Waals surface area contributed by atoms with Crippen molar-refractivity contribution in [1.29, 1.82) is 5.26 Å². The molecule has 1 saturated heterocycles. The number of aromatic nitrogens is 1. The van der Waals surface area contributed by atoms with E-state index in [2.05, 4.69) is 26.9 Å². The van der Waals surface area contributed by atoms with Gasteiger partial charge < -0.3 is 14.4 Å².